The van der Waals surface area contributed by atoms with E-state index >= 15 is 4.39 Å². The molecule has 2 aromatic heterocycles. The Balaban J connectivity index is 1.68. The number of nitrogens with zero attached hydrogens (tertiary/aromatic N) is 5. The molecular formula is C19H29FN6O2S. The molecule has 0 aromatic carbocycles. The first-order valence-electron chi connectivity index (χ1n) is 9.85. The van der Waals surface area contributed by atoms with Crippen molar-refractivity contribution in [3.8, 4) is 0 Å². The number of halogens is 1. The van der Waals surface area contributed by atoms with Gasteiger partial charge in [-0.25, -0.2) is 22.8 Å². The molecule has 0 spiro atoms. The summed E-state index contributed by atoms with van der Waals surface area (Å²) in [5, 5.41) is 7.35. The second-order valence-corrected chi connectivity index (χ2v) is 9.54. The maximum Gasteiger partial charge on any atom is 0.246 e. The van der Waals surface area contributed by atoms with Crippen LogP contribution in [0.5, 0.6) is 0 Å². The van der Waals surface area contributed by atoms with E-state index in [2.05, 4.69) is 20.4 Å². The van der Waals surface area contributed by atoms with Crippen LogP contribution in [0.1, 0.15) is 42.7 Å². The molecule has 0 amide bonds. The summed E-state index contributed by atoms with van der Waals surface area (Å²) >= 11 is 0. The highest BCUT2D eigenvalue weighted by molar-refractivity contribution is 7.89. The fourth-order valence-electron chi connectivity index (χ4n) is 3.85. The van der Waals surface area contributed by atoms with E-state index < -0.39 is 15.7 Å². The first-order valence-corrected chi connectivity index (χ1v) is 11.3. The van der Waals surface area contributed by atoms with Gasteiger partial charge in [-0.2, -0.15) is 9.40 Å². The second-order valence-electron chi connectivity index (χ2n) is 7.67. The molecule has 160 valence electrons. The zero-order valence-electron chi connectivity index (χ0n) is 17.7. The smallest absolute Gasteiger partial charge is 0.246 e. The molecule has 0 aliphatic carbocycles. The average molecular weight is 425 g/mol. The van der Waals surface area contributed by atoms with Gasteiger partial charge in [0.2, 0.25) is 10.0 Å². The minimum atomic E-state index is -3.70. The topological polar surface area (TPSA) is 93.0 Å². The van der Waals surface area contributed by atoms with E-state index in [9.17, 15) is 8.42 Å². The van der Waals surface area contributed by atoms with Crippen molar-refractivity contribution in [2.24, 2.45) is 0 Å². The van der Waals surface area contributed by atoms with E-state index in [1.807, 2.05) is 13.8 Å². The van der Waals surface area contributed by atoms with E-state index in [4.69, 9.17) is 0 Å². The van der Waals surface area contributed by atoms with Gasteiger partial charge in [0.15, 0.2) is 0 Å². The van der Waals surface area contributed by atoms with Crippen LogP contribution in [0.15, 0.2) is 11.0 Å². The summed E-state index contributed by atoms with van der Waals surface area (Å²) in [4.78, 5) is 8.72. The molecule has 29 heavy (non-hydrogen) atoms. The third-order valence-corrected chi connectivity index (χ3v) is 7.54. The number of hydrogen-bond acceptors (Lipinski definition) is 6. The maximum absolute atomic E-state index is 15.3. The predicted octanol–water partition coefficient (Wildman–Crippen LogP) is 2.53. The van der Waals surface area contributed by atoms with Crippen LogP contribution in [0.4, 0.5) is 10.2 Å². The number of sulfonamides is 1. The Kier molecular flexibility index (Phi) is 5.96. The molecule has 0 atom stereocenters. The van der Waals surface area contributed by atoms with Crippen molar-refractivity contribution < 1.29 is 12.8 Å². The maximum atomic E-state index is 15.3. The largest absolute Gasteiger partial charge is 0.367 e. The number of nitrogens with one attached hydrogen (secondary N) is 1. The molecule has 3 rings (SSSR count). The lowest BCUT2D eigenvalue weighted by Gasteiger charge is -2.35. The molecule has 2 aromatic rings. The van der Waals surface area contributed by atoms with Gasteiger partial charge >= 0.3 is 0 Å². The third-order valence-electron chi connectivity index (χ3n) is 5.38. The normalized spacial score (nSPS) is 17.4. The van der Waals surface area contributed by atoms with Crippen LogP contribution < -0.4 is 5.32 Å². The molecule has 1 aliphatic rings. The van der Waals surface area contributed by atoms with Crippen molar-refractivity contribution in [3.05, 3.63) is 29.0 Å². The van der Waals surface area contributed by atoms with E-state index in [1.165, 1.54) is 4.31 Å². The molecule has 8 nitrogen and oxygen atoms in total. The highest BCUT2D eigenvalue weighted by Crippen LogP contribution is 2.32. The van der Waals surface area contributed by atoms with Crippen molar-refractivity contribution in [2.45, 2.75) is 64.6 Å². The van der Waals surface area contributed by atoms with Gasteiger partial charge in [-0.15, -0.1) is 0 Å². The van der Waals surface area contributed by atoms with Crippen LogP contribution in [-0.2, 0) is 16.6 Å². The number of alkyl halides is 1. The van der Waals surface area contributed by atoms with E-state index in [0.29, 0.717) is 29.6 Å². The lowest BCUT2D eigenvalue weighted by atomic mass is 9.94. The number of rotatable bonds is 6. The Morgan fingerprint density at radius 1 is 1.17 bits per heavy atom. The molecule has 0 unspecified atom stereocenters. The van der Waals surface area contributed by atoms with Gasteiger partial charge in [0, 0.05) is 31.4 Å². The van der Waals surface area contributed by atoms with E-state index in [-0.39, 0.29) is 37.4 Å². The van der Waals surface area contributed by atoms with Gasteiger partial charge in [0.05, 0.1) is 17.9 Å². The van der Waals surface area contributed by atoms with Crippen molar-refractivity contribution in [2.75, 3.05) is 25.0 Å². The first-order chi connectivity index (χ1) is 13.6. The molecule has 0 bridgehead atoms. The Hall–Kier alpha value is -2.07. The minimum absolute atomic E-state index is 0.0859. The van der Waals surface area contributed by atoms with Crippen molar-refractivity contribution in [1.82, 2.24) is 24.1 Å². The average Bonchev–Trinajstić information content (AvgIpc) is 2.94. The Morgan fingerprint density at radius 3 is 2.38 bits per heavy atom. The molecule has 1 saturated heterocycles. The fourth-order valence-corrected chi connectivity index (χ4v) is 5.67. The quantitative estimate of drug-likeness (QED) is 0.766. The number of aryl methyl sites for hydroxylation is 4. The summed E-state index contributed by atoms with van der Waals surface area (Å²) in [5.74, 6) is 1.21. The molecule has 1 fully saturated rings. The summed E-state index contributed by atoms with van der Waals surface area (Å²) in [5.41, 5.74) is 0.430. The van der Waals surface area contributed by atoms with Gasteiger partial charge < -0.3 is 5.32 Å². The fraction of sp³-hybridized carbons (Fsp3) is 0.632. The number of anilines is 1. The highest BCUT2D eigenvalue weighted by Gasteiger charge is 2.40. The van der Waals surface area contributed by atoms with Crippen molar-refractivity contribution in [3.63, 3.8) is 0 Å². The molecule has 1 N–H and O–H groups in total. The zero-order chi connectivity index (χ0) is 21.4. The standard InChI is InChI=1S/C19H29FN6O2S/c1-6-26-15(4)18(14(3)24-26)29(27,28)25-9-7-19(20,8-10-25)12-21-17-11-13(2)22-16(5)23-17/h11H,6-10,12H2,1-5H3,(H,21,22,23). The summed E-state index contributed by atoms with van der Waals surface area (Å²) in [7, 11) is -3.70. The molecule has 0 saturated carbocycles. The zero-order valence-corrected chi connectivity index (χ0v) is 18.5. The molecule has 1 aliphatic heterocycles. The SMILES string of the molecule is CCn1nc(C)c(S(=O)(=O)N2CCC(F)(CNc3cc(C)nc(C)n3)CC2)c1C. The number of piperidine rings is 1. The minimum Gasteiger partial charge on any atom is -0.367 e. The van der Waals surface area contributed by atoms with Crippen LogP contribution in [-0.4, -0.2) is 57.8 Å². The Morgan fingerprint density at radius 2 is 1.83 bits per heavy atom. The lowest BCUT2D eigenvalue weighted by Crippen LogP contribution is -2.47. The van der Waals surface area contributed by atoms with E-state index in [0.717, 1.165) is 5.69 Å². The Bertz CT molecular complexity index is 976. The Labute approximate surface area is 171 Å². The first kappa shape index (κ1) is 21.6. The van der Waals surface area contributed by atoms with Crippen LogP contribution in [0.2, 0.25) is 0 Å². The van der Waals surface area contributed by atoms with Crippen LogP contribution in [0, 0.1) is 27.7 Å². The van der Waals surface area contributed by atoms with Gasteiger partial charge in [-0.05, 0) is 47.5 Å². The third kappa shape index (κ3) is 4.42. The lowest BCUT2D eigenvalue weighted by molar-refractivity contribution is 0.102. The van der Waals surface area contributed by atoms with Crippen LogP contribution in [0.3, 0.4) is 0 Å². The monoisotopic (exact) mass is 424 g/mol. The summed E-state index contributed by atoms with van der Waals surface area (Å²) < 4.78 is 44.6. The second kappa shape index (κ2) is 7.98. The van der Waals surface area contributed by atoms with E-state index in [1.54, 1.807) is 31.5 Å². The van der Waals surface area contributed by atoms with Crippen LogP contribution >= 0.6 is 0 Å². The van der Waals surface area contributed by atoms with Crippen LogP contribution in [0.25, 0.3) is 0 Å². The summed E-state index contributed by atoms with van der Waals surface area (Å²) in [6.45, 7) is 9.99. The molecular weight excluding hydrogens is 395 g/mol. The van der Waals surface area contributed by atoms with Gasteiger partial charge in [0.1, 0.15) is 22.2 Å². The predicted molar refractivity (Wildman–Crippen MR) is 109 cm³/mol. The highest BCUT2D eigenvalue weighted by atomic mass is 32.2. The molecule has 10 heteroatoms. The number of aromatic nitrogens is 4. The summed E-state index contributed by atoms with van der Waals surface area (Å²) in [6, 6.07) is 1.77. The van der Waals surface area contributed by atoms with Gasteiger partial charge in [-0.3, -0.25) is 4.68 Å². The number of hydrogen-bond donors (Lipinski definition) is 1. The van der Waals surface area contributed by atoms with Crippen molar-refractivity contribution >= 4 is 15.8 Å². The summed E-state index contributed by atoms with van der Waals surface area (Å²) in [6.07, 6.45) is 0.255. The molecule has 3 heterocycles. The van der Waals surface area contributed by atoms with Crippen molar-refractivity contribution in [1.29, 1.82) is 0 Å². The van der Waals surface area contributed by atoms with Gasteiger partial charge in [-0.1, -0.05) is 0 Å². The molecule has 0 radical (unpaired) electrons. The van der Waals surface area contributed by atoms with Gasteiger partial charge in [0.25, 0.3) is 0 Å².